The second-order valence-corrected chi connectivity index (χ2v) is 7.07. The fourth-order valence-corrected chi connectivity index (χ4v) is 3.00. The molecule has 1 saturated heterocycles. The largest absolute Gasteiger partial charge is 0.368 e. The van der Waals surface area contributed by atoms with Crippen LogP contribution in [-0.2, 0) is 4.79 Å². The van der Waals surface area contributed by atoms with E-state index in [1.807, 2.05) is 32.0 Å². The van der Waals surface area contributed by atoms with Crippen molar-refractivity contribution in [3.63, 3.8) is 0 Å². The van der Waals surface area contributed by atoms with Crippen LogP contribution < -0.4 is 15.5 Å². The Kier molecular flexibility index (Phi) is 10.8. The van der Waals surface area contributed by atoms with Gasteiger partial charge >= 0.3 is 0 Å². The number of halogens is 2. The van der Waals surface area contributed by atoms with Gasteiger partial charge in [-0.2, -0.15) is 0 Å². The lowest BCUT2D eigenvalue weighted by Crippen LogP contribution is -2.52. The average molecular weight is 508 g/mol. The van der Waals surface area contributed by atoms with Crippen LogP contribution in [0.1, 0.15) is 20.8 Å². The molecule has 1 aliphatic rings. The van der Waals surface area contributed by atoms with Crippen LogP contribution in [0.3, 0.4) is 0 Å². The first-order chi connectivity index (χ1) is 12.5. The molecule has 2 rings (SSSR count). The Morgan fingerprint density at radius 2 is 1.93 bits per heavy atom. The number of hydrogen-bond acceptors (Lipinski definition) is 3. The Balaban J connectivity index is 0.00000364. The molecule has 0 atom stereocenters. The number of hydrogen-bond donors (Lipinski definition) is 2. The molecule has 0 saturated carbocycles. The van der Waals surface area contributed by atoms with E-state index in [2.05, 4.69) is 38.4 Å². The van der Waals surface area contributed by atoms with Crippen LogP contribution in [0.2, 0.25) is 5.02 Å². The molecule has 0 radical (unpaired) electrons. The van der Waals surface area contributed by atoms with E-state index in [9.17, 15) is 4.79 Å². The van der Waals surface area contributed by atoms with Crippen molar-refractivity contribution in [3.8, 4) is 0 Å². The first kappa shape index (κ1) is 23.8. The predicted molar refractivity (Wildman–Crippen MR) is 124 cm³/mol. The van der Waals surface area contributed by atoms with Crippen LogP contribution in [0.15, 0.2) is 29.3 Å². The molecule has 1 aliphatic heterocycles. The normalized spacial score (nSPS) is 14.8. The fourth-order valence-electron chi connectivity index (χ4n) is 2.82. The molecular formula is C19H31ClIN5O. The molecule has 1 fully saturated rings. The van der Waals surface area contributed by atoms with Gasteiger partial charge in [0.15, 0.2) is 5.96 Å². The third kappa shape index (κ3) is 7.73. The Morgan fingerprint density at radius 3 is 2.52 bits per heavy atom. The summed E-state index contributed by atoms with van der Waals surface area (Å²) in [6.07, 6.45) is 0. The lowest BCUT2D eigenvalue weighted by Gasteiger charge is -2.37. The molecule has 0 bridgehead atoms. The van der Waals surface area contributed by atoms with Gasteiger partial charge in [0.2, 0.25) is 5.91 Å². The average Bonchev–Trinajstić information content (AvgIpc) is 2.64. The second kappa shape index (κ2) is 12.3. The van der Waals surface area contributed by atoms with Gasteiger partial charge in [-0.1, -0.05) is 31.5 Å². The lowest BCUT2D eigenvalue weighted by atomic mass is 10.2. The van der Waals surface area contributed by atoms with Crippen molar-refractivity contribution >= 4 is 53.1 Å². The highest BCUT2D eigenvalue weighted by Gasteiger charge is 2.19. The zero-order chi connectivity index (χ0) is 18.9. The van der Waals surface area contributed by atoms with Crippen molar-refractivity contribution in [1.29, 1.82) is 0 Å². The van der Waals surface area contributed by atoms with E-state index < -0.39 is 0 Å². The highest BCUT2D eigenvalue weighted by molar-refractivity contribution is 14.0. The van der Waals surface area contributed by atoms with Crippen molar-refractivity contribution in [1.82, 2.24) is 15.5 Å². The fraction of sp³-hybridized carbons (Fsp3) is 0.579. The summed E-state index contributed by atoms with van der Waals surface area (Å²) in [5.41, 5.74) is 1.16. The molecule has 0 unspecified atom stereocenters. The predicted octanol–water partition coefficient (Wildman–Crippen LogP) is 2.82. The summed E-state index contributed by atoms with van der Waals surface area (Å²) >= 11 is 6.10. The van der Waals surface area contributed by atoms with Crippen LogP contribution in [0.4, 0.5) is 5.69 Å². The van der Waals surface area contributed by atoms with Crippen molar-refractivity contribution in [2.45, 2.75) is 20.8 Å². The maximum absolute atomic E-state index is 11.6. The van der Waals surface area contributed by atoms with Crippen molar-refractivity contribution in [3.05, 3.63) is 29.3 Å². The maximum atomic E-state index is 11.6. The van der Waals surface area contributed by atoms with E-state index in [1.54, 1.807) is 0 Å². The third-order valence-corrected chi connectivity index (χ3v) is 4.52. The molecule has 6 nitrogen and oxygen atoms in total. The molecule has 1 amide bonds. The number of benzene rings is 1. The van der Waals surface area contributed by atoms with E-state index in [0.29, 0.717) is 13.1 Å². The van der Waals surface area contributed by atoms with E-state index in [0.717, 1.165) is 49.4 Å². The number of aliphatic imine (C=N–C) groups is 1. The molecule has 0 aromatic heterocycles. The number of rotatable bonds is 6. The Hall–Kier alpha value is -1.22. The Morgan fingerprint density at radius 1 is 1.22 bits per heavy atom. The summed E-state index contributed by atoms with van der Waals surface area (Å²) in [5.74, 6) is 0.990. The number of guanidine groups is 1. The van der Waals surface area contributed by atoms with Crippen molar-refractivity contribution in [2.75, 3.05) is 50.7 Å². The van der Waals surface area contributed by atoms with Gasteiger partial charge < -0.3 is 20.4 Å². The van der Waals surface area contributed by atoms with Crippen molar-refractivity contribution in [2.24, 2.45) is 10.9 Å². The molecule has 1 heterocycles. The van der Waals surface area contributed by atoms with Gasteiger partial charge in [-0.3, -0.25) is 9.79 Å². The summed E-state index contributed by atoms with van der Waals surface area (Å²) in [7, 11) is 0. The zero-order valence-corrected chi connectivity index (χ0v) is 19.5. The molecule has 1 aromatic rings. The van der Waals surface area contributed by atoms with Gasteiger partial charge in [-0.05, 0) is 25.1 Å². The molecule has 2 N–H and O–H groups in total. The van der Waals surface area contributed by atoms with Gasteiger partial charge in [0.1, 0.15) is 0 Å². The number of anilines is 1. The standard InChI is InChI=1S/C19H30ClN5O.HI/c1-4-21-19(23-9-8-22-18(26)15(2)3)25-12-10-24(11-13-25)17-7-5-6-16(20)14-17;/h5-7,14-15H,4,8-13H2,1-3H3,(H,21,23)(H,22,26);1H. The first-order valence-corrected chi connectivity index (χ1v) is 9.70. The number of carbonyl (C=O) groups is 1. The minimum atomic E-state index is 0. The highest BCUT2D eigenvalue weighted by atomic mass is 127. The smallest absolute Gasteiger partial charge is 0.222 e. The Labute approximate surface area is 184 Å². The monoisotopic (exact) mass is 507 g/mol. The van der Waals surface area contributed by atoms with Crippen LogP contribution in [0.5, 0.6) is 0 Å². The molecule has 27 heavy (non-hydrogen) atoms. The third-order valence-electron chi connectivity index (χ3n) is 4.28. The zero-order valence-electron chi connectivity index (χ0n) is 16.4. The second-order valence-electron chi connectivity index (χ2n) is 6.64. The van der Waals surface area contributed by atoms with Gasteiger partial charge in [0.05, 0.1) is 6.54 Å². The molecule has 8 heteroatoms. The van der Waals surface area contributed by atoms with E-state index in [-0.39, 0.29) is 35.8 Å². The number of carbonyl (C=O) groups excluding carboxylic acids is 1. The number of amides is 1. The quantitative estimate of drug-likeness (QED) is 0.269. The minimum Gasteiger partial charge on any atom is -0.368 e. The Bertz CT molecular complexity index is 618. The first-order valence-electron chi connectivity index (χ1n) is 9.32. The molecule has 1 aromatic carbocycles. The van der Waals surface area contributed by atoms with Gasteiger partial charge in [0.25, 0.3) is 0 Å². The number of piperazine rings is 1. The summed E-state index contributed by atoms with van der Waals surface area (Å²) in [4.78, 5) is 20.9. The summed E-state index contributed by atoms with van der Waals surface area (Å²) in [6.45, 7) is 11.5. The molecular weight excluding hydrogens is 477 g/mol. The van der Waals surface area contributed by atoms with Crippen LogP contribution in [0, 0.1) is 5.92 Å². The number of nitrogens with zero attached hydrogens (tertiary/aromatic N) is 3. The lowest BCUT2D eigenvalue weighted by molar-refractivity contribution is -0.123. The summed E-state index contributed by atoms with van der Waals surface area (Å²) < 4.78 is 0. The highest BCUT2D eigenvalue weighted by Crippen LogP contribution is 2.20. The maximum Gasteiger partial charge on any atom is 0.222 e. The van der Waals surface area contributed by atoms with E-state index in [4.69, 9.17) is 11.6 Å². The minimum absolute atomic E-state index is 0. The SMILES string of the molecule is CCNC(=NCCNC(=O)C(C)C)N1CCN(c2cccc(Cl)c2)CC1.I. The van der Waals surface area contributed by atoms with Gasteiger partial charge in [-0.15, -0.1) is 24.0 Å². The van der Waals surface area contributed by atoms with Gasteiger partial charge in [0, 0.05) is 55.9 Å². The number of nitrogens with one attached hydrogen (secondary N) is 2. The molecule has 0 aliphatic carbocycles. The van der Waals surface area contributed by atoms with E-state index in [1.165, 1.54) is 0 Å². The topological polar surface area (TPSA) is 60.0 Å². The van der Waals surface area contributed by atoms with E-state index >= 15 is 0 Å². The molecule has 152 valence electrons. The summed E-state index contributed by atoms with van der Waals surface area (Å²) in [5, 5.41) is 7.02. The van der Waals surface area contributed by atoms with Crippen LogP contribution >= 0.6 is 35.6 Å². The van der Waals surface area contributed by atoms with Crippen LogP contribution in [-0.4, -0.2) is 62.6 Å². The summed E-state index contributed by atoms with van der Waals surface area (Å²) in [6, 6.07) is 7.99. The van der Waals surface area contributed by atoms with Crippen LogP contribution in [0.25, 0.3) is 0 Å². The van der Waals surface area contributed by atoms with Gasteiger partial charge in [-0.25, -0.2) is 0 Å². The van der Waals surface area contributed by atoms with Crippen molar-refractivity contribution < 1.29 is 4.79 Å². The molecule has 0 spiro atoms.